The molecule has 0 heteroatoms. The molecule has 0 nitrogen and oxygen atoms in total. The van der Waals surface area contributed by atoms with Gasteiger partial charge in [0.2, 0.25) is 0 Å². The lowest BCUT2D eigenvalue weighted by Gasteiger charge is -2.31. The van der Waals surface area contributed by atoms with Crippen molar-refractivity contribution >= 4 is 0 Å². The molecule has 0 saturated heterocycles. The van der Waals surface area contributed by atoms with Gasteiger partial charge in [-0.15, -0.1) is 0 Å². The van der Waals surface area contributed by atoms with Crippen LogP contribution < -0.4 is 0 Å². The molecule has 1 fully saturated rings. The predicted molar refractivity (Wildman–Crippen MR) is 92.1 cm³/mol. The summed E-state index contributed by atoms with van der Waals surface area (Å²) in [5, 5.41) is 0. The van der Waals surface area contributed by atoms with Gasteiger partial charge in [0, 0.05) is 0 Å². The highest BCUT2D eigenvalue weighted by molar-refractivity contribution is 4.76. The van der Waals surface area contributed by atoms with Crippen LogP contribution in [0.3, 0.4) is 0 Å². The molecule has 0 heterocycles. The summed E-state index contributed by atoms with van der Waals surface area (Å²) in [6.45, 7) is 14.5. The van der Waals surface area contributed by atoms with E-state index < -0.39 is 0 Å². The topological polar surface area (TPSA) is 0 Å². The maximum atomic E-state index is 2.44. The summed E-state index contributed by atoms with van der Waals surface area (Å²) in [5.74, 6) is 2.01. The zero-order chi connectivity index (χ0) is 15.2. The van der Waals surface area contributed by atoms with Crippen molar-refractivity contribution in [3.63, 3.8) is 0 Å². The minimum Gasteiger partial charge on any atom is -0.0649 e. The molecule has 0 N–H and O–H groups in total. The van der Waals surface area contributed by atoms with Crippen LogP contribution in [0.25, 0.3) is 0 Å². The van der Waals surface area contributed by atoms with Gasteiger partial charge in [0.1, 0.15) is 0 Å². The first-order valence-corrected chi connectivity index (χ1v) is 9.22. The van der Waals surface area contributed by atoms with Gasteiger partial charge < -0.3 is 0 Å². The third-order valence-electron chi connectivity index (χ3n) is 5.55. The minimum atomic E-state index is 0.517. The van der Waals surface area contributed by atoms with Crippen molar-refractivity contribution in [3.05, 3.63) is 0 Å². The van der Waals surface area contributed by atoms with Gasteiger partial charge >= 0.3 is 0 Å². The smallest absolute Gasteiger partial charge is 0.0357 e. The molecular formula is C20H40. The Morgan fingerprint density at radius 3 is 1.90 bits per heavy atom. The van der Waals surface area contributed by atoms with E-state index in [1.807, 2.05) is 0 Å². The number of hydrogen-bond acceptors (Lipinski definition) is 0. The first-order valence-electron chi connectivity index (χ1n) is 9.22. The third kappa shape index (κ3) is 7.70. The van der Waals surface area contributed by atoms with Crippen LogP contribution in [-0.4, -0.2) is 0 Å². The van der Waals surface area contributed by atoms with E-state index >= 15 is 0 Å². The lowest BCUT2D eigenvalue weighted by molar-refractivity contribution is 0.212. The molecule has 2 atom stereocenters. The molecule has 2 unspecified atom stereocenters. The Labute approximate surface area is 129 Å². The molecule has 0 aromatic heterocycles. The van der Waals surface area contributed by atoms with Crippen molar-refractivity contribution in [1.82, 2.24) is 0 Å². The molecule has 120 valence electrons. The molecule has 0 aromatic rings. The molecule has 1 saturated carbocycles. The average Bonchev–Trinajstić information content (AvgIpc) is 2.31. The van der Waals surface area contributed by atoms with E-state index in [0.717, 1.165) is 11.8 Å². The zero-order valence-electron chi connectivity index (χ0n) is 15.2. The molecule has 0 aromatic carbocycles. The highest BCUT2D eigenvalue weighted by Gasteiger charge is 2.23. The molecule has 0 radical (unpaired) electrons. The number of hydrogen-bond donors (Lipinski definition) is 0. The Hall–Kier alpha value is 0. The van der Waals surface area contributed by atoms with Gasteiger partial charge in [-0.1, -0.05) is 86.5 Å². The maximum Gasteiger partial charge on any atom is -0.0357 e. The van der Waals surface area contributed by atoms with E-state index in [4.69, 9.17) is 0 Å². The van der Waals surface area contributed by atoms with E-state index in [-0.39, 0.29) is 0 Å². The van der Waals surface area contributed by atoms with Crippen molar-refractivity contribution in [2.75, 3.05) is 0 Å². The van der Waals surface area contributed by atoms with Crippen LogP contribution in [0.15, 0.2) is 0 Å². The second kappa shape index (κ2) is 7.85. The summed E-state index contributed by atoms with van der Waals surface area (Å²) in [4.78, 5) is 0. The Kier molecular flexibility index (Phi) is 7.09. The highest BCUT2D eigenvalue weighted by Crippen LogP contribution is 2.37. The van der Waals surface area contributed by atoms with Gasteiger partial charge in [-0.3, -0.25) is 0 Å². The van der Waals surface area contributed by atoms with Crippen molar-refractivity contribution in [1.29, 1.82) is 0 Å². The lowest BCUT2D eigenvalue weighted by Crippen LogP contribution is -2.18. The normalized spacial score (nSPS) is 26.1. The lowest BCUT2D eigenvalue weighted by atomic mass is 9.75. The van der Waals surface area contributed by atoms with Crippen LogP contribution in [0.2, 0.25) is 0 Å². The Balaban J connectivity index is 2.40. The fourth-order valence-corrected chi connectivity index (χ4v) is 3.76. The first kappa shape index (κ1) is 18.1. The van der Waals surface area contributed by atoms with Gasteiger partial charge in [-0.25, -0.2) is 0 Å². The van der Waals surface area contributed by atoms with Gasteiger partial charge in [0.15, 0.2) is 0 Å². The van der Waals surface area contributed by atoms with Crippen LogP contribution in [0.1, 0.15) is 106 Å². The molecular weight excluding hydrogens is 240 g/mol. The second-order valence-corrected chi connectivity index (χ2v) is 9.42. The monoisotopic (exact) mass is 280 g/mol. The van der Waals surface area contributed by atoms with Crippen LogP contribution in [0.5, 0.6) is 0 Å². The molecule has 0 aliphatic heterocycles. The summed E-state index contributed by atoms with van der Waals surface area (Å²) in [7, 11) is 0. The summed E-state index contributed by atoms with van der Waals surface area (Å²) < 4.78 is 0. The third-order valence-corrected chi connectivity index (χ3v) is 5.55. The van der Waals surface area contributed by atoms with E-state index in [0.29, 0.717) is 10.8 Å². The number of rotatable bonds is 5. The second-order valence-electron chi connectivity index (χ2n) is 9.42. The fourth-order valence-electron chi connectivity index (χ4n) is 3.76. The van der Waals surface area contributed by atoms with Crippen LogP contribution in [0.4, 0.5) is 0 Å². The van der Waals surface area contributed by atoms with Gasteiger partial charge in [-0.2, -0.15) is 0 Å². The van der Waals surface area contributed by atoms with Crippen molar-refractivity contribution < 1.29 is 0 Å². The Morgan fingerprint density at radius 1 is 0.800 bits per heavy atom. The van der Waals surface area contributed by atoms with Crippen LogP contribution in [-0.2, 0) is 0 Å². The summed E-state index contributed by atoms with van der Waals surface area (Å²) in [5.41, 5.74) is 1.08. The zero-order valence-corrected chi connectivity index (χ0v) is 15.2. The largest absolute Gasteiger partial charge is 0.0649 e. The van der Waals surface area contributed by atoms with E-state index in [9.17, 15) is 0 Å². The molecule has 0 bridgehead atoms. The molecule has 1 aliphatic rings. The SMILES string of the molecule is CCC(C)(C)CCC1CCCCC(CC(C)(C)C)CC1. The quantitative estimate of drug-likeness (QED) is 0.498. The van der Waals surface area contributed by atoms with Gasteiger partial charge in [0.05, 0.1) is 0 Å². The summed E-state index contributed by atoms with van der Waals surface area (Å²) in [6.07, 6.45) is 14.6. The average molecular weight is 281 g/mol. The van der Waals surface area contributed by atoms with Crippen molar-refractivity contribution in [3.8, 4) is 0 Å². The predicted octanol–water partition coefficient (Wildman–Crippen LogP) is 7.23. The standard InChI is InChI=1S/C20H40/c1-7-20(5,6)15-14-17-10-8-9-11-18(13-12-17)16-19(2,3)4/h17-18H,7-16H2,1-6H3. The first-order chi connectivity index (χ1) is 9.22. The Morgan fingerprint density at radius 2 is 1.35 bits per heavy atom. The molecule has 1 aliphatic carbocycles. The van der Waals surface area contributed by atoms with Gasteiger partial charge in [0.25, 0.3) is 0 Å². The molecule has 0 spiro atoms. The van der Waals surface area contributed by atoms with Crippen LogP contribution in [0, 0.1) is 22.7 Å². The molecule has 0 amide bonds. The van der Waals surface area contributed by atoms with E-state index in [1.165, 1.54) is 64.2 Å². The van der Waals surface area contributed by atoms with E-state index in [1.54, 1.807) is 0 Å². The highest BCUT2D eigenvalue weighted by atomic mass is 14.3. The van der Waals surface area contributed by atoms with Crippen molar-refractivity contribution in [2.24, 2.45) is 22.7 Å². The minimum absolute atomic E-state index is 0.517. The van der Waals surface area contributed by atoms with E-state index in [2.05, 4.69) is 41.5 Å². The molecule has 1 rings (SSSR count). The van der Waals surface area contributed by atoms with Crippen molar-refractivity contribution in [2.45, 2.75) is 106 Å². The van der Waals surface area contributed by atoms with Gasteiger partial charge in [-0.05, 0) is 41.9 Å². The summed E-state index contributed by atoms with van der Waals surface area (Å²) in [6, 6.07) is 0. The summed E-state index contributed by atoms with van der Waals surface area (Å²) >= 11 is 0. The molecule has 20 heavy (non-hydrogen) atoms. The fraction of sp³-hybridized carbons (Fsp3) is 1.00. The Bertz CT molecular complexity index is 256. The maximum absolute atomic E-state index is 2.44. The van der Waals surface area contributed by atoms with Crippen LogP contribution >= 0.6 is 0 Å².